The maximum absolute atomic E-state index is 12.9. The number of nitrogens with one attached hydrogen (secondary N) is 4. The van der Waals surface area contributed by atoms with Crippen molar-refractivity contribution in [1.29, 1.82) is 0 Å². The molecule has 4 heterocycles. The predicted molar refractivity (Wildman–Crippen MR) is 142 cm³/mol. The molecule has 0 saturated heterocycles. The fourth-order valence-corrected chi connectivity index (χ4v) is 4.43. The van der Waals surface area contributed by atoms with Crippen molar-refractivity contribution in [3.8, 4) is 0 Å². The largest absolute Gasteiger partial charge is 0.365 e. The molecule has 13 heteroatoms. The zero-order chi connectivity index (χ0) is 26.9. The Morgan fingerprint density at radius 3 is 1.57 bits per heavy atom. The molecule has 0 aliphatic rings. The van der Waals surface area contributed by atoms with Crippen LogP contribution in [-0.2, 0) is 21.1 Å². The molecule has 0 aromatic carbocycles. The molecule has 0 saturated carbocycles. The first-order chi connectivity index (χ1) is 17.5. The van der Waals surface area contributed by atoms with Gasteiger partial charge in [-0.1, -0.05) is 0 Å². The van der Waals surface area contributed by atoms with Gasteiger partial charge in [0.2, 0.25) is 0 Å². The standard InChI is InChI=1S/C24H26N8O4S/c1-13(33)18-6-14(9-30(18)3)27-22(35)20-8-16(11-32(20)5)28-23(36)19-7-15(10-31(19)4)26-21(34)17-12-37-24(25-2)29-17/h6-12H,1-5H3,(H,25,29)(H,26,34)(H,27,35)(H,28,36). The molecule has 0 aliphatic carbocycles. The van der Waals surface area contributed by atoms with Crippen LogP contribution in [0.1, 0.15) is 48.9 Å². The predicted octanol–water partition coefficient (Wildman–Crippen LogP) is 3.16. The number of amides is 3. The highest BCUT2D eigenvalue weighted by Crippen LogP contribution is 2.21. The monoisotopic (exact) mass is 522 g/mol. The van der Waals surface area contributed by atoms with E-state index in [2.05, 4.69) is 26.3 Å². The van der Waals surface area contributed by atoms with Crippen molar-refractivity contribution < 1.29 is 19.2 Å². The first-order valence-electron chi connectivity index (χ1n) is 11.1. The Morgan fingerprint density at radius 2 is 1.16 bits per heavy atom. The lowest BCUT2D eigenvalue weighted by Crippen LogP contribution is -2.15. The molecule has 12 nitrogen and oxygen atoms in total. The van der Waals surface area contributed by atoms with Gasteiger partial charge in [-0.3, -0.25) is 19.2 Å². The summed E-state index contributed by atoms with van der Waals surface area (Å²) in [7, 11) is 6.82. The van der Waals surface area contributed by atoms with E-state index in [1.54, 1.807) is 84.1 Å². The number of hydrogen-bond donors (Lipinski definition) is 4. The van der Waals surface area contributed by atoms with Gasteiger partial charge in [0.25, 0.3) is 17.7 Å². The van der Waals surface area contributed by atoms with Crippen LogP contribution in [0.15, 0.2) is 42.2 Å². The van der Waals surface area contributed by atoms with Crippen LogP contribution in [0, 0.1) is 0 Å². The fraction of sp³-hybridized carbons (Fsp3) is 0.208. The van der Waals surface area contributed by atoms with Crippen LogP contribution in [0.3, 0.4) is 0 Å². The zero-order valence-electron chi connectivity index (χ0n) is 20.9. The number of carbonyl (C=O) groups is 4. The van der Waals surface area contributed by atoms with Crippen molar-refractivity contribution in [3.63, 3.8) is 0 Å². The maximum Gasteiger partial charge on any atom is 0.275 e. The Morgan fingerprint density at radius 1 is 0.730 bits per heavy atom. The lowest BCUT2D eigenvalue weighted by molar-refractivity contribution is 0.0999. The molecule has 4 aromatic heterocycles. The van der Waals surface area contributed by atoms with E-state index in [0.717, 1.165) is 0 Å². The molecule has 0 bridgehead atoms. The van der Waals surface area contributed by atoms with E-state index >= 15 is 0 Å². The highest BCUT2D eigenvalue weighted by molar-refractivity contribution is 7.13. The highest BCUT2D eigenvalue weighted by Gasteiger charge is 2.19. The third-order valence-electron chi connectivity index (χ3n) is 5.57. The number of rotatable bonds is 8. The summed E-state index contributed by atoms with van der Waals surface area (Å²) in [5.74, 6) is -1.30. The van der Waals surface area contributed by atoms with Gasteiger partial charge in [0.15, 0.2) is 10.9 Å². The van der Waals surface area contributed by atoms with Gasteiger partial charge in [-0.25, -0.2) is 4.98 Å². The SMILES string of the molecule is CNc1nc(C(=O)Nc2cc(C(=O)Nc3cc(C(=O)Nc4cc(C(C)=O)n(C)c4)n(C)c3)n(C)c2)cs1. The average molecular weight is 523 g/mol. The molecule has 0 radical (unpaired) electrons. The third kappa shape index (κ3) is 5.46. The molecular formula is C24H26N8O4S. The van der Waals surface area contributed by atoms with Crippen LogP contribution in [-0.4, -0.2) is 49.2 Å². The lowest BCUT2D eigenvalue weighted by Gasteiger charge is -2.03. The Bertz CT molecular complexity index is 1520. The van der Waals surface area contributed by atoms with E-state index in [-0.39, 0.29) is 17.4 Å². The highest BCUT2D eigenvalue weighted by atomic mass is 32.1. The summed E-state index contributed by atoms with van der Waals surface area (Å²) in [5.41, 5.74) is 2.71. The molecule has 37 heavy (non-hydrogen) atoms. The quantitative estimate of drug-likeness (QED) is 0.262. The van der Waals surface area contributed by atoms with Gasteiger partial charge in [-0.2, -0.15) is 0 Å². The van der Waals surface area contributed by atoms with Gasteiger partial charge in [0, 0.05) is 59.1 Å². The number of ketones is 1. The van der Waals surface area contributed by atoms with Gasteiger partial charge >= 0.3 is 0 Å². The van der Waals surface area contributed by atoms with Gasteiger partial charge in [-0.05, 0) is 18.2 Å². The Labute approximate surface area is 216 Å². The minimum Gasteiger partial charge on any atom is -0.365 e. The first-order valence-corrected chi connectivity index (χ1v) is 12.0. The summed E-state index contributed by atoms with van der Waals surface area (Å²) < 4.78 is 4.81. The Kier molecular flexibility index (Phi) is 6.98. The van der Waals surface area contributed by atoms with Gasteiger partial charge in [0.1, 0.15) is 17.1 Å². The van der Waals surface area contributed by atoms with E-state index in [4.69, 9.17) is 0 Å². The molecule has 0 aliphatic heterocycles. The molecule has 0 unspecified atom stereocenters. The normalized spacial score (nSPS) is 10.7. The number of hydrogen-bond acceptors (Lipinski definition) is 7. The summed E-state index contributed by atoms with van der Waals surface area (Å²) in [6, 6.07) is 4.71. The second-order valence-electron chi connectivity index (χ2n) is 8.38. The summed E-state index contributed by atoms with van der Waals surface area (Å²) in [5, 5.41) is 13.4. The van der Waals surface area contributed by atoms with Crippen LogP contribution in [0.4, 0.5) is 22.2 Å². The van der Waals surface area contributed by atoms with E-state index in [1.807, 2.05) is 0 Å². The number of aryl methyl sites for hydroxylation is 3. The molecule has 4 rings (SSSR count). The van der Waals surface area contributed by atoms with Crippen LogP contribution >= 0.6 is 11.3 Å². The summed E-state index contributed by atoms with van der Waals surface area (Å²) in [6.45, 7) is 1.46. The third-order valence-corrected chi connectivity index (χ3v) is 6.42. The molecule has 0 spiro atoms. The van der Waals surface area contributed by atoms with Crippen LogP contribution in [0.5, 0.6) is 0 Å². The van der Waals surface area contributed by atoms with E-state index < -0.39 is 11.8 Å². The second-order valence-corrected chi connectivity index (χ2v) is 9.24. The van der Waals surface area contributed by atoms with Crippen molar-refractivity contribution in [2.75, 3.05) is 28.3 Å². The molecule has 192 valence electrons. The molecular weight excluding hydrogens is 496 g/mol. The molecule has 4 aromatic rings. The zero-order valence-corrected chi connectivity index (χ0v) is 21.7. The number of carbonyl (C=O) groups excluding carboxylic acids is 4. The van der Waals surface area contributed by atoms with Crippen LogP contribution in [0.2, 0.25) is 0 Å². The minimum absolute atomic E-state index is 0.110. The van der Waals surface area contributed by atoms with Crippen molar-refractivity contribution >= 4 is 57.0 Å². The number of aromatic nitrogens is 4. The number of nitrogens with zero attached hydrogens (tertiary/aromatic N) is 4. The number of Topliss-reactive ketones (excluding diaryl/α,β-unsaturated/α-hetero) is 1. The summed E-state index contributed by atoms with van der Waals surface area (Å²) in [6.07, 6.45) is 4.89. The van der Waals surface area contributed by atoms with Crippen molar-refractivity contribution in [3.05, 3.63) is 64.9 Å². The number of thiazole rings is 1. The second kappa shape index (κ2) is 10.1. The molecule has 4 N–H and O–H groups in total. The van der Waals surface area contributed by atoms with Gasteiger partial charge in [0.05, 0.1) is 22.8 Å². The minimum atomic E-state index is -0.416. The van der Waals surface area contributed by atoms with Gasteiger partial charge in [-0.15, -0.1) is 11.3 Å². The lowest BCUT2D eigenvalue weighted by atomic mass is 10.3. The molecule has 3 amide bonds. The van der Waals surface area contributed by atoms with Crippen molar-refractivity contribution in [2.45, 2.75) is 6.92 Å². The van der Waals surface area contributed by atoms with Crippen LogP contribution < -0.4 is 21.3 Å². The molecule has 0 atom stereocenters. The van der Waals surface area contributed by atoms with E-state index in [9.17, 15) is 19.2 Å². The molecule has 0 fully saturated rings. The van der Waals surface area contributed by atoms with Crippen LogP contribution in [0.25, 0.3) is 0 Å². The number of anilines is 4. The smallest absolute Gasteiger partial charge is 0.275 e. The maximum atomic E-state index is 12.9. The summed E-state index contributed by atoms with van der Waals surface area (Å²) >= 11 is 1.31. The fourth-order valence-electron chi connectivity index (χ4n) is 3.78. The Hall–Kier alpha value is -4.65. The van der Waals surface area contributed by atoms with Crippen molar-refractivity contribution in [1.82, 2.24) is 18.7 Å². The average Bonchev–Trinajstić information content (AvgIpc) is 3.60. The van der Waals surface area contributed by atoms with E-state index in [0.29, 0.717) is 39.3 Å². The summed E-state index contributed by atoms with van der Waals surface area (Å²) in [4.78, 5) is 54.0. The Balaban J connectivity index is 1.43. The van der Waals surface area contributed by atoms with E-state index in [1.165, 1.54) is 18.3 Å². The van der Waals surface area contributed by atoms with Crippen molar-refractivity contribution in [2.24, 2.45) is 21.1 Å². The van der Waals surface area contributed by atoms with Gasteiger partial charge < -0.3 is 35.0 Å². The topological polar surface area (TPSA) is 144 Å². The first kappa shape index (κ1) is 25.4.